The predicted molar refractivity (Wildman–Crippen MR) is 123 cm³/mol. The van der Waals surface area contributed by atoms with Crippen LogP contribution in [0, 0.1) is 0 Å². The molecule has 0 atom stereocenters. The van der Waals surface area contributed by atoms with Crippen LogP contribution in [0.5, 0.6) is 23.0 Å². The lowest BCUT2D eigenvalue weighted by atomic mass is 10.1. The molecule has 0 amide bonds. The summed E-state index contributed by atoms with van der Waals surface area (Å²) in [5.41, 5.74) is 3.16. The standard InChI is InChI=1S/C22H24ClN3O4S/c1-5-30-17-9-7-16(8-10-17)26-21(24-25-22(26)31-12-6-11-23)15-13-18(27-2)20(29-4)19(14-15)28-3/h6-11,13-14H,5,12H2,1-4H3/b11-6+. The van der Waals surface area contributed by atoms with Gasteiger partial charge in [0.2, 0.25) is 5.75 Å². The number of rotatable bonds is 10. The van der Waals surface area contributed by atoms with E-state index in [-0.39, 0.29) is 0 Å². The van der Waals surface area contributed by atoms with Gasteiger partial charge >= 0.3 is 0 Å². The van der Waals surface area contributed by atoms with Crippen molar-refractivity contribution >= 4 is 23.4 Å². The molecule has 0 spiro atoms. The quantitative estimate of drug-likeness (QED) is 0.384. The van der Waals surface area contributed by atoms with Gasteiger partial charge in [-0.05, 0) is 43.3 Å². The first kappa shape index (κ1) is 22.8. The molecule has 0 saturated heterocycles. The van der Waals surface area contributed by atoms with E-state index in [1.807, 2.05) is 54.0 Å². The Balaban J connectivity index is 2.14. The lowest BCUT2D eigenvalue weighted by Gasteiger charge is -2.15. The third kappa shape index (κ3) is 5.08. The minimum Gasteiger partial charge on any atom is -0.494 e. The van der Waals surface area contributed by atoms with Crippen molar-refractivity contribution in [2.24, 2.45) is 0 Å². The summed E-state index contributed by atoms with van der Waals surface area (Å²) in [6.07, 6.45) is 1.85. The highest BCUT2D eigenvalue weighted by Crippen LogP contribution is 2.41. The smallest absolute Gasteiger partial charge is 0.203 e. The lowest BCUT2D eigenvalue weighted by Crippen LogP contribution is -2.02. The summed E-state index contributed by atoms with van der Waals surface area (Å²) in [6, 6.07) is 11.5. The van der Waals surface area contributed by atoms with Gasteiger partial charge < -0.3 is 18.9 Å². The maximum Gasteiger partial charge on any atom is 0.203 e. The van der Waals surface area contributed by atoms with Crippen LogP contribution >= 0.6 is 23.4 Å². The number of ether oxygens (including phenoxy) is 4. The highest BCUT2D eigenvalue weighted by molar-refractivity contribution is 7.99. The van der Waals surface area contributed by atoms with Crippen molar-refractivity contribution in [3.05, 3.63) is 48.0 Å². The van der Waals surface area contributed by atoms with Crippen LogP contribution in [0.3, 0.4) is 0 Å². The molecule has 3 rings (SSSR count). The van der Waals surface area contributed by atoms with E-state index in [2.05, 4.69) is 10.2 Å². The fourth-order valence-electron chi connectivity index (χ4n) is 3.01. The molecule has 7 nitrogen and oxygen atoms in total. The molecular formula is C22H24ClN3O4S. The first-order valence-corrected chi connectivity index (χ1v) is 11.0. The Labute approximate surface area is 190 Å². The Bertz CT molecular complexity index is 1010. The van der Waals surface area contributed by atoms with Gasteiger partial charge in [-0.1, -0.05) is 29.4 Å². The largest absolute Gasteiger partial charge is 0.494 e. The van der Waals surface area contributed by atoms with Crippen molar-refractivity contribution in [3.8, 4) is 40.1 Å². The van der Waals surface area contributed by atoms with Gasteiger partial charge in [0.25, 0.3) is 0 Å². The molecule has 0 saturated carbocycles. The Kier molecular flexibility index (Phi) is 8.08. The number of methoxy groups -OCH3 is 3. The average Bonchev–Trinajstić information content (AvgIpc) is 3.22. The van der Waals surface area contributed by atoms with Gasteiger partial charge in [0.15, 0.2) is 22.5 Å². The van der Waals surface area contributed by atoms with Crippen LogP contribution in [-0.4, -0.2) is 48.5 Å². The van der Waals surface area contributed by atoms with Crippen LogP contribution in [0.2, 0.25) is 0 Å². The van der Waals surface area contributed by atoms with Crippen LogP contribution in [0.4, 0.5) is 0 Å². The van der Waals surface area contributed by atoms with Gasteiger partial charge in [-0.2, -0.15) is 0 Å². The molecule has 3 aromatic rings. The molecule has 0 aliphatic carbocycles. The summed E-state index contributed by atoms with van der Waals surface area (Å²) in [7, 11) is 4.73. The van der Waals surface area contributed by atoms with Gasteiger partial charge in [0.1, 0.15) is 5.75 Å². The van der Waals surface area contributed by atoms with E-state index in [9.17, 15) is 0 Å². The Hall–Kier alpha value is -2.84. The molecule has 0 aliphatic rings. The minimum atomic E-state index is 0.516. The molecule has 0 N–H and O–H groups in total. The summed E-state index contributed by atoms with van der Waals surface area (Å²) < 4.78 is 24.0. The molecule has 31 heavy (non-hydrogen) atoms. The third-order valence-electron chi connectivity index (χ3n) is 4.36. The van der Waals surface area contributed by atoms with Crippen molar-refractivity contribution in [2.45, 2.75) is 12.1 Å². The minimum absolute atomic E-state index is 0.516. The third-order valence-corrected chi connectivity index (χ3v) is 5.42. The molecule has 0 fully saturated rings. The molecule has 0 unspecified atom stereocenters. The predicted octanol–water partition coefficient (Wildman–Crippen LogP) is 5.20. The zero-order valence-electron chi connectivity index (χ0n) is 17.8. The van der Waals surface area contributed by atoms with Crippen LogP contribution in [0.1, 0.15) is 6.92 Å². The SMILES string of the molecule is CCOc1ccc(-n2c(SC/C=C/Cl)nnc2-c2cc(OC)c(OC)c(OC)c2)cc1. The Morgan fingerprint density at radius 3 is 2.23 bits per heavy atom. The van der Waals surface area contributed by atoms with E-state index >= 15 is 0 Å². The van der Waals surface area contributed by atoms with Crippen molar-refractivity contribution < 1.29 is 18.9 Å². The number of halogens is 1. The fourth-order valence-corrected chi connectivity index (χ4v) is 3.97. The van der Waals surface area contributed by atoms with Crippen molar-refractivity contribution in [2.75, 3.05) is 33.7 Å². The molecule has 1 aromatic heterocycles. The molecule has 0 bridgehead atoms. The van der Waals surface area contributed by atoms with Crippen molar-refractivity contribution in [1.29, 1.82) is 0 Å². The second-order valence-electron chi connectivity index (χ2n) is 6.16. The molecule has 0 aliphatic heterocycles. The zero-order chi connectivity index (χ0) is 22.2. The van der Waals surface area contributed by atoms with Crippen LogP contribution < -0.4 is 18.9 Å². The molecule has 9 heteroatoms. The highest BCUT2D eigenvalue weighted by Gasteiger charge is 2.20. The van der Waals surface area contributed by atoms with E-state index in [1.54, 1.807) is 21.3 Å². The molecule has 0 radical (unpaired) electrons. The topological polar surface area (TPSA) is 67.6 Å². The molecular weight excluding hydrogens is 438 g/mol. The normalized spacial score (nSPS) is 11.0. The summed E-state index contributed by atoms with van der Waals surface area (Å²) in [4.78, 5) is 0. The number of aromatic nitrogens is 3. The van der Waals surface area contributed by atoms with Crippen LogP contribution in [-0.2, 0) is 0 Å². The second-order valence-corrected chi connectivity index (χ2v) is 7.39. The van der Waals surface area contributed by atoms with Crippen molar-refractivity contribution in [1.82, 2.24) is 14.8 Å². The van der Waals surface area contributed by atoms with Crippen LogP contribution in [0.25, 0.3) is 17.1 Å². The highest BCUT2D eigenvalue weighted by atomic mass is 35.5. The first-order valence-electron chi connectivity index (χ1n) is 9.53. The van der Waals surface area contributed by atoms with Gasteiger partial charge in [0, 0.05) is 22.5 Å². The zero-order valence-corrected chi connectivity index (χ0v) is 19.4. The summed E-state index contributed by atoms with van der Waals surface area (Å²) >= 11 is 7.20. The second kappa shape index (κ2) is 11.0. The van der Waals surface area contributed by atoms with Crippen LogP contribution in [0.15, 0.2) is 53.2 Å². The van der Waals surface area contributed by atoms with E-state index in [0.29, 0.717) is 35.4 Å². The maximum atomic E-state index is 5.68. The number of hydrogen-bond acceptors (Lipinski definition) is 7. The maximum absolute atomic E-state index is 5.68. The number of benzene rings is 2. The van der Waals surface area contributed by atoms with E-state index in [0.717, 1.165) is 22.2 Å². The van der Waals surface area contributed by atoms with Crippen molar-refractivity contribution in [3.63, 3.8) is 0 Å². The summed E-state index contributed by atoms with van der Waals surface area (Å²) in [5, 5.41) is 9.59. The molecule has 2 aromatic carbocycles. The van der Waals surface area contributed by atoms with E-state index in [4.69, 9.17) is 30.5 Å². The monoisotopic (exact) mass is 461 g/mol. The summed E-state index contributed by atoms with van der Waals surface area (Å²) in [5.74, 6) is 3.69. The Morgan fingerprint density at radius 1 is 1.00 bits per heavy atom. The number of hydrogen-bond donors (Lipinski definition) is 0. The molecule has 1 heterocycles. The van der Waals surface area contributed by atoms with Gasteiger partial charge in [-0.15, -0.1) is 10.2 Å². The lowest BCUT2D eigenvalue weighted by molar-refractivity contribution is 0.324. The number of nitrogens with zero attached hydrogens (tertiary/aromatic N) is 3. The van der Waals surface area contributed by atoms with E-state index in [1.165, 1.54) is 17.3 Å². The average molecular weight is 462 g/mol. The van der Waals surface area contributed by atoms with Gasteiger partial charge in [-0.3, -0.25) is 4.57 Å². The number of thioether (sulfide) groups is 1. The summed E-state index contributed by atoms with van der Waals surface area (Å²) in [6.45, 7) is 2.56. The van der Waals surface area contributed by atoms with Gasteiger partial charge in [0.05, 0.1) is 27.9 Å². The van der Waals surface area contributed by atoms with E-state index < -0.39 is 0 Å². The Morgan fingerprint density at radius 2 is 1.68 bits per heavy atom. The first-order chi connectivity index (χ1) is 15.2. The van der Waals surface area contributed by atoms with Gasteiger partial charge in [-0.25, -0.2) is 0 Å². The molecule has 164 valence electrons. The fraction of sp³-hybridized carbons (Fsp3) is 0.273.